The highest BCUT2D eigenvalue weighted by Gasteiger charge is 2.16. The highest BCUT2D eigenvalue weighted by Crippen LogP contribution is 2.24. The van der Waals surface area contributed by atoms with Gasteiger partial charge >= 0.3 is 0 Å². The number of nitrogens with zero attached hydrogens (tertiary/aromatic N) is 2. The molecule has 0 aliphatic heterocycles. The number of carbonyl (C=O) groups excluding carboxylic acids is 1. The van der Waals surface area contributed by atoms with E-state index in [4.69, 9.17) is 10.8 Å². The Morgan fingerprint density at radius 2 is 2.21 bits per heavy atom. The minimum absolute atomic E-state index is 0.0631. The highest BCUT2D eigenvalue weighted by atomic mass is 16.3. The van der Waals surface area contributed by atoms with Crippen LogP contribution in [-0.4, -0.2) is 41.1 Å². The molecular formula is C14H17N3O2. The number of carbonyl (C=O) groups is 1. The predicted octanol–water partition coefficient (Wildman–Crippen LogP) is 1.19. The zero-order chi connectivity index (χ0) is 14.0. The first-order chi connectivity index (χ1) is 9.04. The summed E-state index contributed by atoms with van der Waals surface area (Å²) in [7, 11) is 1.66. The summed E-state index contributed by atoms with van der Waals surface area (Å²) in [4.78, 5) is 18.2. The molecule has 2 aromatic rings. The van der Waals surface area contributed by atoms with Crippen molar-refractivity contribution in [1.82, 2.24) is 9.88 Å². The van der Waals surface area contributed by atoms with Crippen molar-refractivity contribution >= 4 is 22.5 Å². The van der Waals surface area contributed by atoms with Crippen molar-refractivity contribution in [2.75, 3.05) is 25.9 Å². The summed E-state index contributed by atoms with van der Waals surface area (Å²) in [5, 5.41) is 9.65. The molecule has 19 heavy (non-hydrogen) atoms. The van der Waals surface area contributed by atoms with Crippen LogP contribution in [0.3, 0.4) is 0 Å². The van der Waals surface area contributed by atoms with Crippen LogP contribution in [0.1, 0.15) is 16.1 Å². The molecule has 0 saturated carbocycles. The molecule has 0 aliphatic rings. The van der Waals surface area contributed by atoms with E-state index in [9.17, 15) is 4.79 Å². The van der Waals surface area contributed by atoms with E-state index in [2.05, 4.69) is 4.98 Å². The lowest BCUT2D eigenvalue weighted by Gasteiger charge is -2.17. The van der Waals surface area contributed by atoms with Gasteiger partial charge in [-0.25, -0.2) is 0 Å². The monoisotopic (exact) mass is 259 g/mol. The number of likely N-dealkylation sites (N-methyl/N-ethyl adjacent to an activating group) is 1. The van der Waals surface area contributed by atoms with Crippen molar-refractivity contribution in [3.63, 3.8) is 0 Å². The van der Waals surface area contributed by atoms with Crippen molar-refractivity contribution in [1.29, 1.82) is 0 Å². The molecular weight excluding hydrogens is 242 g/mol. The van der Waals surface area contributed by atoms with Crippen molar-refractivity contribution in [3.05, 3.63) is 35.5 Å². The summed E-state index contributed by atoms with van der Waals surface area (Å²) in [5.41, 5.74) is 8.40. The highest BCUT2D eigenvalue weighted by molar-refractivity contribution is 6.08. The number of hydrogen-bond acceptors (Lipinski definition) is 4. The van der Waals surface area contributed by atoms with E-state index in [-0.39, 0.29) is 12.5 Å². The summed E-state index contributed by atoms with van der Waals surface area (Å²) in [6.07, 6.45) is 0. The number of benzene rings is 1. The van der Waals surface area contributed by atoms with E-state index in [1.807, 2.05) is 13.0 Å². The van der Waals surface area contributed by atoms with Gasteiger partial charge in [0.2, 0.25) is 0 Å². The van der Waals surface area contributed by atoms with E-state index >= 15 is 0 Å². The second-order valence-corrected chi connectivity index (χ2v) is 4.50. The Bertz CT molecular complexity index is 625. The number of aromatic nitrogens is 1. The van der Waals surface area contributed by atoms with E-state index in [0.717, 1.165) is 11.1 Å². The van der Waals surface area contributed by atoms with Gasteiger partial charge in [0.1, 0.15) is 0 Å². The summed E-state index contributed by atoms with van der Waals surface area (Å²) in [5.74, 6) is -0.143. The summed E-state index contributed by atoms with van der Waals surface area (Å²) < 4.78 is 0. The lowest BCUT2D eigenvalue weighted by Crippen LogP contribution is -2.29. The molecule has 1 heterocycles. The van der Waals surface area contributed by atoms with Crippen LogP contribution in [0.2, 0.25) is 0 Å². The fourth-order valence-electron chi connectivity index (χ4n) is 2.03. The number of hydrogen-bond donors (Lipinski definition) is 2. The van der Waals surface area contributed by atoms with Gasteiger partial charge < -0.3 is 15.7 Å². The molecule has 5 nitrogen and oxygen atoms in total. The first-order valence-electron chi connectivity index (χ1n) is 6.06. The van der Waals surface area contributed by atoms with E-state index in [1.165, 1.54) is 4.90 Å². The second-order valence-electron chi connectivity index (χ2n) is 4.50. The van der Waals surface area contributed by atoms with Crippen LogP contribution in [0.4, 0.5) is 5.69 Å². The molecule has 1 aromatic heterocycles. The summed E-state index contributed by atoms with van der Waals surface area (Å²) in [6.45, 7) is 2.06. The van der Waals surface area contributed by atoms with Crippen LogP contribution < -0.4 is 5.73 Å². The summed E-state index contributed by atoms with van der Waals surface area (Å²) in [6, 6.07) is 7.15. The number of aliphatic hydroxyl groups is 1. The maximum Gasteiger partial charge on any atom is 0.254 e. The van der Waals surface area contributed by atoms with E-state index < -0.39 is 0 Å². The number of anilines is 1. The lowest BCUT2D eigenvalue weighted by atomic mass is 10.1. The minimum atomic E-state index is -0.143. The van der Waals surface area contributed by atoms with Gasteiger partial charge in [0.05, 0.1) is 23.4 Å². The normalized spacial score (nSPS) is 10.7. The van der Waals surface area contributed by atoms with Crippen molar-refractivity contribution in [2.24, 2.45) is 0 Å². The molecule has 0 fully saturated rings. The smallest absolute Gasteiger partial charge is 0.254 e. The van der Waals surface area contributed by atoms with Gasteiger partial charge in [-0.2, -0.15) is 0 Å². The molecule has 1 amide bonds. The van der Waals surface area contributed by atoms with Crippen LogP contribution in [0.15, 0.2) is 24.3 Å². The molecule has 5 heteroatoms. The van der Waals surface area contributed by atoms with Gasteiger partial charge in [-0.3, -0.25) is 9.78 Å². The van der Waals surface area contributed by atoms with E-state index in [1.54, 1.807) is 25.2 Å². The van der Waals surface area contributed by atoms with E-state index in [0.29, 0.717) is 23.3 Å². The molecule has 2 rings (SSSR count). The molecule has 0 radical (unpaired) electrons. The third-order valence-corrected chi connectivity index (χ3v) is 3.01. The number of aryl methyl sites for hydroxylation is 1. The number of rotatable bonds is 3. The Kier molecular flexibility index (Phi) is 3.66. The van der Waals surface area contributed by atoms with Gasteiger partial charge in [0, 0.05) is 24.7 Å². The summed E-state index contributed by atoms with van der Waals surface area (Å²) >= 11 is 0. The molecule has 1 aromatic carbocycles. The number of pyridine rings is 1. The van der Waals surface area contributed by atoms with Crippen molar-refractivity contribution in [2.45, 2.75) is 6.92 Å². The van der Waals surface area contributed by atoms with Crippen LogP contribution in [0.5, 0.6) is 0 Å². The quantitative estimate of drug-likeness (QED) is 0.811. The zero-order valence-electron chi connectivity index (χ0n) is 11.1. The second kappa shape index (κ2) is 5.24. The molecule has 0 atom stereocenters. The zero-order valence-corrected chi connectivity index (χ0v) is 11.1. The van der Waals surface area contributed by atoms with Crippen LogP contribution in [0, 0.1) is 6.92 Å². The Labute approximate surface area is 111 Å². The third kappa shape index (κ3) is 2.51. The molecule has 100 valence electrons. The number of nitrogen functional groups attached to an aromatic ring is 1. The van der Waals surface area contributed by atoms with Gasteiger partial charge in [-0.15, -0.1) is 0 Å². The maximum atomic E-state index is 12.4. The first kappa shape index (κ1) is 13.3. The third-order valence-electron chi connectivity index (χ3n) is 3.01. The van der Waals surface area contributed by atoms with Gasteiger partial charge in [-0.05, 0) is 19.1 Å². The van der Waals surface area contributed by atoms with Crippen LogP contribution >= 0.6 is 0 Å². The fraction of sp³-hybridized carbons (Fsp3) is 0.286. The number of para-hydroxylation sites is 1. The average Bonchev–Trinajstić information content (AvgIpc) is 2.38. The van der Waals surface area contributed by atoms with Gasteiger partial charge in [0.15, 0.2) is 0 Å². The standard InChI is InChI=1S/C14H17N3O2/c1-9-8-11(14(19)17(2)6-7-18)10-4-3-5-12(15)13(10)16-9/h3-5,8,18H,6-7,15H2,1-2H3. The minimum Gasteiger partial charge on any atom is -0.397 e. The Morgan fingerprint density at radius 3 is 2.89 bits per heavy atom. The molecule has 0 saturated heterocycles. The van der Waals surface area contributed by atoms with Gasteiger partial charge in [0.25, 0.3) is 5.91 Å². The molecule has 0 aliphatic carbocycles. The van der Waals surface area contributed by atoms with Gasteiger partial charge in [-0.1, -0.05) is 12.1 Å². The maximum absolute atomic E-state index is 12.4. The molecule has 3 N–H and O–H groups in total. The predicted molar refractivity (Wildman–Crippen MR) is 74.9 cm³/mol. The first-order valence-corrected chi connectivity index (χ1v) is 6.06. The number of amides is 1. The number of aliphatic hydroxyl groups excluding tert-OH is 1. The topological polar surface area (TPSA) is 79.5 Å². The molecule has 0 unspecified atom stereocenters. The Morgan fingerprint density at radius 1 is 1.47 bits per heavy atom. The molecule has 0 bridgehead atoms. The number of fused-ring (bicyclic) bond motifs is 1. The average molecular weight is 259 g/mol. The number of nitrogens with two attached hydrogens (primary N) is 1. The van der Waals surface area contributed by atoms with Crippen molar-refractivity contribution < 1.29 is 9.90 Å². The molecule has 0 spiro atoms. The van der Waals surface area contributed by atoms with Crippen LogP contribution in [-0.2, 0) is 0 Å². The van der Waals surface area contributed by atoms with Crippen molar-refractivity contribution in [3.8, 4) is 0 Å². The largest absolute Gasteiger partial charge is 0.397 e. The fourth-order valence-corrected chi connectivity index (χ4v) is 2.03. The Balaban J connectivity index is 2.60. The van der Waals surface area contributed by atoms with Crippen LogP contribution in [0.25, 0.3) is 10.9 Å². The lowest BCUT2D eigenvalue weighted by molar-refractivity contribution is 0.0768. The Hall–Kier alpha value is -2.14. The SMILES string of the molecule is Cc1cc(C(=O)N(C)CCO)c2cccc(N)c2n1.